The highest BCUT2D eigenvalue weighted by atomic mass is 79.9. The van der Waals surface area contributed by atoms with Crippen LogP contribution in [-0.4, -0.2) is 18.9 Å². The van der Waals surface area contributed by atoms with Gasteiger partial charge in [0.15, 0.2) is 0 Å². The first-order chi connectivity index (χ1) is 14.5. The molecule has 2 N–H and O–H groups in total. The van der Waals surface area contributed by atoms with Crippen molar-refractivity contribution < 1.29 is 18.7 Å². The standard InChI is InChI=1S/C23H17BrN2O4/c1-29-17-12-10-16(11-13-17)25-23(28)21-20(18-4-2-3-5-19(18)30-21)26-22(27)14-6-8-15(24)9-7-14/h2-13H,1H3,(H,25,28)(H,26,27). The number of para-hydroxylation sites is 1. The Kier molecular flexibility index (Phi) is 5.54. The summed E-state index contributed by atoms with van der Waals surface area (Å²) in [4.78, 5) is 25.7. The van der Waals surface area contributed by atoms with E-state index < -0.39 is 5.91 Å². The van der Waals surface area contributed by atoms with Crippen molar-refractivity contribution in [2.24, 2.45) is 0 Å². The fourth-order valence-electron chi connectivity index (χ4n) is 2.98. The van der Waals surface area contributed by atoms with Crippen LogP contribution >= 0.6 is 15.9 Å². The van der Waals surface area contributed by atoms with E-state index in [0.29, 0.717) is 33.7 Å². The molecule has 0 bridgehead atoms. The molecule has 0 unspecified atom stereocenters. The highest BCUT2D eigenvalue weighted by Crippen LogP contribution is 2.32. The van der Waals surface area contributed by atoms with Crippen LogP contribution in [-0.2, 0) is 0 Å². The quantitative estimate of drug-likeness (QED) is 0.396. The summed E-state index contributed by atoms with van der Waals surface area (Å²) in [7, 11) is 1.57. The number of ether oxygens (including phenoxy) is 1. The fraction of sp³-hybridized carbons (Fsp3) is 0.0435. The zero-order chi connectivity index (χ0) is 21.1. The number of hydrogen-bond acceptors (Lipinski definition) is 4. The minimum absolute atomic E-state index is 0.0254. The summed E-state index contributed by atoms with van der Waals surface area (Å²) in [6, 6.07) is 21.0. The third kappa shape index (κ3) is 4.06. The van der Waals surface area contributed by atoms with Crippen molar-refractivity contribution in [3.05, 3.63) is 88.6 Å². The Bertz CT molecular complexity index is 1210. The van der Waals surface area contributed by atoms with Crippen molar-refractivity contribution in [2.75, 3.05) is 17.7 Å². The molecule has 0 aliphatic carbocycles. The van der Waals surface area contributed by atoms with Gasteiger partial charge >= 0.3 is 0 Å². The number of benzene rings is 3. The van der Waals surface area contributed by atoms with Crippen molar-refractivity contribution in [1.29, 1.82) is 0 Å². The molecule has 0 fully saturated rings. The number of furan rings is 1. The lowest BCUT2D eigenvalue weighted by molar-refractivity contribution is 0.0999. The Labute approximate surface area is 181 Å². The fourth-order valence-corrected chi connectivity index (χ4v) is 3.24. The van der Waals surface area contributed by atoms with Gasteiger partial charge in [-0.2, -0.15) is 0 Å². The second-order valence-electron chi connectivity index (χ2n) is 6.45. The number of carbonyl (C=O) groups is 2. The average molecular weight is 465 g/mol. The molecule has 30 heavy (non-hydrogen) atoms. The number of nitrogens with one attached hydrogen (secondary N) is 2. The number of rotatable bonds is 5. The normalized spacial score (nSPS) is 10.6. The smallest absolute Gasteiger partial charge is 0.293 e. The molecule has 0 aliphatic rings. The summed E-state index contributed by atoms with van der Waals surface area (Å²) in [5.41, 5.74) is 1.87. The molecule has 6 nitrogen and oxygen atoms in total. The van der Waals surface area contributed by atoms with Crippen LogP contribution in [0.2, 0.25) is 0 Å². The molecule has 0 aliphatic heterocycles. The van der Waals surface area contributed by atoms with Gasteiger partial charge in [-0.05, 0) is 60.7 Å². The van der Waals surface area contributed by atoms with Crippen LogP contribution in [0.3, 0.4) is 0 Å². The van der Waals surface area contributed by atoms with Crippen molar-refractivity contribution in [2.45, 2.75) is 0 Å². The van der Waals surface area contributed by atoms with Crippen LogP contribution in [0.15, 0.2) is 81.7 Å². The number of amides is 2. The van der Waals surface area contributed by atoms with Gasteiger partial charge < -0.3 is 19.8 Å². The van der Waals surface area contributed by atoms with Gasteiger partial charge in [-0.25, -0.2) is 0 Å². The Morgan fingerprint density at radius 2 is 1.57 bits per heavy atom. The number of halogens is 1. The van der Waals surface area contributed by atoms with Gasteiger partial charge in [0.25, 0.3) is 11.8 Å². The molecular weight excluding hydrogens is 448 g/mol. The van der Waals surface area contributed by atoms with Crippen LogP contribution in [0.1, 0.15) is 20.9 Å². The molecule has 1 aromatic heterocycles. The van der Waals surface area contributed by atoms with Gasteiger partial charge in [0, 0.05) is 21.1 Å². The molecule has 0 radical (unpaired) electrons. The first-order valence-corrected chi connectivity index (χ1v) is 9.88. The molecule has 1 heterocycles. The number of hydrogen-bond donors (Lipinski definition) is 2. The summed E-state index contributed by atoms with van der Waals surface area (Å²) in [5, 5.41) is 6.25. The molecule has 4 aromatic rings. The summed E-state index contributed by atoms with van der Waals surface area (Å²) >= 11 is 3.35. The topological polar surface area (TPSA) is 80.6 Å². The Balaban J connectivity index is 1.66. The Hall–Kier alpha value is -3.58. The Morgan fingerprint density at radius 1 is 0.867 bits per heavy atom. The lowest BCUT2D eigenvalue weighted by Crippen LogP contribution is -2.17. The second-order valence-corrected chi connectivity index (χ2v) is 7.36. The first-order valence-electron chi connectivity index (χ1n) is 9.09. The van der Waals surface area contributed by atoms with E-state index in [0.717, 1.165) is 4.47 Å². The van der Waals surface area contributed by atoms with Crippen molar-refractivity contribution >= 4 is 50.1 Å². The van der Waals surface area contributed by atoms with Crippen LogP contribution in [0.4, 0.5) is 11.4 Å². The lowest BCUT2D eigenvalue weighted by Gasteiger charge is -2.08. The van der Waals surface area contributed by atoms with E-state index in [-0.39, 0.29) is 11.7 Å². The molecule has 7 heteroatoms. The maximum atomic E-state index is 12.9. The summed E-state index contributed by atoms with van der Waals surface area (Å²) in [6.45, 7) is 0. The van der Waals surface area contributed by atoms with E-state index in [9.17, 15) is 9.59 Å². The van der Waals surface area contributed by atoms with E-state index in [1.807, 2.05) is 6.07 Å². The van der Waals surface area contributed by atoms with Crippen LogP contribution in [0.25, 0.3) is 11.0 Å². The average Bonchev–Trinajstić information content (AvgIpc) is 3.13. The molecule has 3 aromatic carbocycles. The van der Waals surface area contributed by atoms with Gasteiger partial charge in [0.2, 0.25) is 5.76 Å². The predicted octanol–water partition coefficient (Wildman–Crippen LogP) is 5.71. The minimum atomic E-state index is -0.470. The number of methoxy groups -OCH3 is 1. The molecule has 4 rings (SSSR count). The summed E-state index contributed by atoms with van der Waals surface area (Å²) in [5.74, 6) is -0.105. The largest absolute Gasteiger partial charge is 0.497 e. The van der Waals surface area contributed by atoms with Gasteiger partial charge in [-0.1, -0.05) is 28.1 Å². The lowest BCUT2D eigenvalue weighted by atomic mass is 10.1. The van der Waals surface area contributed by atoms with Crippen LogP contribution < -0.4 is 15.4 Å². The van der Waals surface area contributed by atoms with Crippen LogP contribution in [0, 0.1) is 0 Å². The Morgan fingerprint density at radius 3 is 2.27 bits per heavy atom. The van der Waals surface area contributed by atoms with Gasteiger partial charge in [-0.15, -0.1) is 0 Å². The van der Waals surface area contributed by atoms with E-state index in [1.165, 1.54) is 0 Å². The third-order valence-corrected chi connectivity index (χ3v) is 5.02. The third-order valence-electron chi connectivity index (χ3n) is 4.49. The maximum absolute atomic E-state index is 12.9. The molecular formula is C23H17BrN2O4. The minimum Gasteiger partial charge on any atom is -0.497 e. The van der Waals surface area contributed by atoms with Crippen molar-refractivity contribution in [3.8, 4) is 5.75 Å². The summed E-state index contributed by atoms with van der Waals surface area (Å²) in [6.07, 6.45) is 0. The maximum Gasteiger partial charge on any atom is 0.293 e. The molecule has 2 amide bonds. The van der Waals surface area contributed by atoms with E-state index in [4.69, 9.17) is 9.15 Å². The molecule has 0 saturated heterocycles. The van der Waals surface area contributed by atoms with Gasteiger partial charge in [-0.3, -0.25) is 9.59 Å². The highest BCUT2D eigenvalue weighted by Gasteiger charge is 2.23. The van der Waals surface area contributed by atoms with E-state index in [1.54, 1.807) is 73.8 Å². The zero-order valence-electron chi connectivity index (χ0n) is 15.9. The molecule has 0 saturated carbocycles. The zero-order valence-corrected chi connectivity index (χ0v) is 17.5. The molecule has 0 spiro atoms. The van der Waals surface area contributed by atoms with Crippen LogP contribution in [0.5, 0.6) is 5.75 Å². The SMILES string of the molecule is COc1ccc(NC(=O)c2oc3ccccc3c2NC(=O)c2ccc(Br)cc2)cc1. The predicted molar refractivity (Wildman–Crippen MR) is 119 cm³/mol. The van der Waals surface area contributed by atoms with Gasteiger partial charge in [0.1, 0.15) is 17.0 Å². The van der Waals surface area contributed by atoms with Gasteiger partial charge in [0.05, 0.1) is 7.11 Å². The summed E-state index contributed by atoms with van der Waals surface area (Å²) < 4.78 is 11.8. The van der Waals surface area contributed by atoms with Crippen molar-refractivity contribution in [3.63, 3.8) is 0 Å². The van der Waals surface area contributed by atoms with Crippen molar-refractivity contribution in [1.82, 2.24) is 0 Å². The number of fused-ring (bicyclic) bond motifs is 1. The van der Waals surface area contributed by atoms with E-state index >= 15 is 0 Å². The number of anilines is 2. The molecule has 0 atom stereocenters. The second kappa shape index (κ2) is 8.42. The first kappa shape index (κ1) is 19.7. The number of carbonyl (C=O) groups excluding carboxylic acids is 2. The highest BCUT2D eigenvalue weighted by molar-refractivity contribution is 9.10. The monoisotopic (exact) mass is 464 g/mol. The molecule has 150 valence electrons. The van der Waals surface area contributed by atoms with E-state index in [2.05, 4.69) is 26.6 Å².